The molecule has 0 radical (unpaired) electrons. The summed E-state index contributed by atoms with van der Waals surface area (Å²) in [6.45, 7) is 20.1. The molecule has 166 valence electrons. The Labute approximate surface area is 187 Å². The third kappa shape index (κ3) is 5.73. The minimum absolute atomic E-state index is 0.0351. The lowest BCUT2D eigenvalue weighted by molar-refractivity contribution is 0.245. The van der Waals surface area contributed by atoms with E-state index in [1.54, 1.807) is 0 Å². The smallest absolute Gasteiger partial charge is 0.261 e. The van der Waals surface area contributed by atoms with Crippen molar-refractivity contribution in [3.63, 3.8) is 0 Å². The highest BCUT2D eigenvalue weighted by molar-refractivity contribution is 6.99. The molecular weight excluding hydrogens is 400 g/mol. The molecule has 30 heavy (non-hydrogen) atoms. The van der Waals surface area contributed by atoms with Crippen LogP contribution in [0.15, 0.2) is 60.7 Å². The summed E-state index contributed by atoms with van der Waals surface area (Å²) in [5.74, 6) is 0. The summed E-state index contributed by atoms with van der Waals surface area (Å²) in [6.07, 6.45) is 2.07. The van der Waals surface area contributed by atoms with E-state index < -0.39 is 16.6 Å². The van der Waals surface area contributed by atoms with Crippen LogP contribution in [0.3, 0.4) is 0 Å². The minimum atomic E-state index is -2.41. The summed E-state index contributed by atoms with van der Waals surface area (Å²) in [4.78, 5) is 0. The van der Waals surface area contributed by atoms with Crippen molar-refractivity contribution in [2.75, 3.05) is 13.2 Å². The summed E-state index contributed by atoms with van der Waals surface area (Å²) in [6, 6.07) is 21.8. The van der Waals surface area contributed by atoms with Crippen molar-refractivity contribution in [3.8, 4) is 0 Å². The minimum Gasteiger partial charge on any atom is -0.417 e. The third-order valence-electron chi connectivity index (χ3n) is 6.54. The van der Waals surface area contributed by atoms with Crippen LogP contribution in [0.4, 0.5) is 0 Å². The molecule has 0 aromatic heterocycles. The summed E-state index contributed by atoms with van der Waals surface area (Å²) in [5.41, 5.74) is 0. The molecule has 0 atom stereocenters. The van der Waals surface area contributed by atoms with E-state index in [1.807, 2.05) is 0 Å². The molecule has 0 unspecified atom stereocenters. The predicted octanol–water partition coefficient (Wildman–Crippen LogP) is 6.37. The number of benzene rings is 2. The van der Waals surface area contributed by atoms with Crippen LogP contribution in [-0.4, -0.2) is 29.8 Å². The lowest BCUT2D eigenvalue weighted by Crippen LogP contribution is -2.66. The van der Waals surface area contributed by atoms with Gasteiger partial charge >= 0.3 is 0 Å². The second-order valence-corrected chi connectivity index (χ2v) is 19.9. The van der Waals surface area contributed by atoms with Gasteiger partial charge in [-0.05, 0) is 46.4 Å². The highest BCUT2D eigenvalue weighted by Gasteiger charge is 2.49. The van der Waals surface area contributed by atoms with Crippen LogP contribution in [-0.2, 0) is 8.85 Å². The number of hydrogen-bond acceptors (Lipinski definition) is 2. The molecular formula is C26H42O2Si2. The quantitative estimate of drug-likeness (QED) is 0.332. The first kappa shape index (κ1) is 25.1. The van der Waals surface area contributed by atoms with Crippen LogP contribution in [0.2, 0.25) is 23.2 Å². The van der Waals surface area contributed by atoms with Crippen molar-refractivity contribution in [1.29, 1.82) is 0 Å². The molecule has 4 heteroatoms. The SMILES string of the molecule is CC(C)(C)[Si](C)(C)OCCCCO[Si](c1ccccc1)(c1ccccc1)C(C)(C)C. The first-order valence-electron chi connectivity index (χ1n) is 11.3. The summed E-state index contributed by atoms with van der Waals surface area (Å²) < 4.78 is 13.3. The normalized spacial score (nSPS) is 13.5. The van der Waals surface area contributed by atoms with E-state index in [-0.39, 0.29) is 10.1 Å². The largest absolute Gasteiger partial charge is 0.417 e. The van der Waals surface area contributed by atoms with Crippen molar-refractivity contribution in [3.05, 3.63) is 60.7 Å². The molecule has 0 bridgehead atoms. The highest BCUT2D eigenvalue weighted by atomic mass is 28.4. The molecule has 0 aliphatic carbocycles. The summed E-state index contributed by atoms with van der Waals surface area (Å²) in [5, 5.41) is 2.99. The highest BCUT2D eigenvalue weighted by Crippen LogP contribution is 2.37. The second kappa shape index (κ2) is 9.94. The van der Waals surface area contributed by atoms with Gasteiger partial charge in [0.25, 0.3) is 8.32 Å². The van der Waals surface area contributed by atoms with Gasteiger partial charge in [0.05, 0.1) is 0 Å². The first-order chi connectivity index (χ1) is 13.9. The second-order valence-electron chi connectivity index (χ2n) is 10.8. The fraction of sp³-hybridized carbons (Fsp3) is 0.538. The van der Waals surface area contributed by atoms with Gasteiger partial charge in [0.2, 0.25) is 0 Å². The molecule has 2 aromatic carbocycles. The molecule has 2 nitrogen and oxygen atoms in total. The molecule has 2 rings (SSSR count). The molecule has 0 heterocycles. The fourth-order valence-corrected chi connectivity index (χ4v) is 9.43. The van der Waals surface area contributed by atoms with Gasteiger partial charge in [0.1, 0.15) is 0 Å². The van der Waals surface area contributed by atoms with Crippen molar-refractivity contribution >= 4 is 27.0 Å². The van der Waals surface area contributed by atoms with Gasteiger partial charge in [-0.1, -0.05) is 102 Å². The maximum Gasteiger partial charge on any atom is 0.261 e. The van der Waals surface area contributed by atoms with Crippen molar-refractivity contribution in [2.24, 2.45) is 0 Å². The van der Waals surface area contributed by atoms with E-state index in [0.717, 1.165) is 26.1 Å². The standard InChI is InChI=1S/C26H42O2Si2/c1-25(2,3)29(7,8)27-21-15-16-22-28-30(26(4,5)6,23-17-11-9-12-18-23)24-19-13-10-14-20-24/h9-14,17-20H,15-16,21-22H2,1-8H3. The Balaban J connectivity index is 2.14. The number of hydrogen-bond donors (Lipinski definition) is 0. The van der Waals surface area contributed by atoms with Crippen LogP contribution >= 0.6 is 0 Å². The molecule has 0 fully saturated rings. The Morgan fingerprint density at radius 3 is 1.37 bits per heavy atom. The van der Waals surface area contributed by atoms with Crippen LogP contribution in [0.1, 0.15) is 54.4 Å². The van der Waals surface area contributed by atoms with E-state index >= 15 is 0 Å². The van der Waals surface area contributed by atoms with Crippen molar-refractivity contribution in [2.45, 2.75) is 77.6 Å². The molecule has 0 spiro atoms. The lowest BCUT2D eigenvalue weighted by atomic mass is 10.2. The topological polar surface area (TPSA) is 18.5 Å². The van der Waals surface area contributed by atoms with E-state index in [1.165, 1.54) is 10.4 Å². The average molecular weight is 443 g/mol. The molecule has 0 saturated heterocycles. The van der Waals surface area contributed by atoms with Gasteiger partial charge in [-0.25, -0.2) is 0 Å². The van der Waals surface area contributed by atoms with Crippen LogP contribution in [0.5, 0.6) is 0 Å². The Kier molecular flexibility index (Phi) is 8.31. The average Bonchev–Trinajstić information content (AvgIpc) is 2.67. The Morgan fingerprint density at radius 2 is 1.00 bits per heavy atom. The molecule has 2 aromatic rings. The van der Waals surface area contributed by atoms with Crippen LogP contribution in [0, 0.1) is 0 Å². The van der Waals surface area contributed by atoms with Gasteiger partial charge in [0, 0.05) is 13.2 Å². The Bertz CT molecular complexity index is 720. The van der Waals surface area contributed by atoms with E-state index in [4.69, 9.17) is 8.85 Å². The van der Waals surface area contributed by atoms with Gasteiger partial charge in [-0.3, -0.25) is 0 Å². The van der Waals surface area contributed by atoms with Crippen LogP contribution < -0.4 is 10.4 Å². The number of rotatable bonds is 9. The van der Waals surface area contributed by atoms with Crippen molar-refractivity contribution < 1.29 is 8.85 Å². The lowest BCUT2D eigenvalue weighted by Gasteiger charge is -2.43. The van der Waals surface area contributed by atoms with Crippen LogP contribution in [0.25, 0.3) is 0 Å². The van der Waals surface area contributed by atoms with Gasteiger partial charge in [-0.15, -0.1) is 0 Å². The zero-order valence-corrected chi connectivity index (χ0v) is 22.4. The molecule has 0 saturated carbocycles. The fourth-order valence-electron chi connectivity index (χ4n) is 3.73. The van der Waals surface area contributed by atoms with Gasteiger partial charge < -0.3 is 8.85 Å². The maximum absolute atomic E-state index is 6.96. The van der Waals surface area contributed by atoms with Gasteiger partial charge in [0.15, 0.2) is 8.32 Å². The van der Waals surface area contributed by atoms with E-state index in [0.29, 0.717) is 0 Å². The molecule has 0 N–H and O–H groups in total. The monoisotopic (exact) mass is 442 g/mol. The summed E-state index contributed by atoms with van der Waals surface area (Å²) >= 11 is 0. The van der Waals surface area contributed by atoms with Gasteiger partial charge in [-0.2, -0.15) is 0 Å². The van der Waals surface area contributed by atoms with E-state index in [2.05, 4.69) is 115 Å². The zero-order valence-electron chi connectivity index (χ0n) is 20.4. The zero-order chi connectivity index (χ0) is 22.5. The van der Waals surface area contributed by atoms with Crippen molar-refractivity contribution in [1.82, 2.24) is 0 Å². The molecule has 0 aliphatic heterocycles. The molecule has 0 aliphatic rings. The van der Waals surface area contributed by atoms with E-state index in [9.17, 15) is 0 Å². The molecule has 0 amide bonds. The summed E-state index contributed by atoms with van der Waals surface area (Å²) in [7, 11) is -4.08. The first-order valence-corrected chi connectivity index (χ1v) is 16.1. The Morgan fingerprint density at radius 1 is 0.600 bits per heavy atom. The Hall–Kier alpha value is -1.21. The predicted molar refractivity (Wildman–Crippen MR) is 136 cm³/mol. The number of unbranched alkanes of at least 4 members (excludes halogenated alkanes) is 1. The maximum atomic E-state index is 6.96. The third-order valence-corrected chi connectivity index (χ3v) is 16.1.